The molecule has 1 N–H and O–H groups in total. The first-order valence-electron chi connectivity index (χ1n) is 7.44. The quantitative estimate of drug-likeness (QED) is 0.359. The molecule has 1 aromatic heterocycles. The van der Waals surface area contributed by atoms with E-state index in [-0.39, 0.29) is 15.6 Å². The van der Waals surface area contributed by atoms with E-state index in [2.05, 4.69) is 10.5 Å². The number of benzene rings is 2. The number of rotatable bonds is 5. The average molecular weight is 424 g/mol. The Kier molecular flexibility index (Phi) is 5.59. The monoisotopic (exact) mass is 423 g/mol. The second kappa shape index (κ2) is 7.91. The maximum Gasteiger partial charge on any atom is 0.283 e. The van der Waals surface area contributed by atoms with Crippen LogP contribution in [0.15, 0.2) is 41.5 Å². The van der Waals surface area contributed by atoms with Gasteiger partial charge < -0.3 is 4.74 Å². The lowest BCUT2D eigenvalue weighted by Gasteiger charge is -2.02. The van der Waals surface area contributed by atoms with Crippen LogP contribution < -0.4 is 10.2 Å². The minimum absolute atomic E-state index is 0.0273. The third-order valence-electron chi connectivity index (χ3n) is 3.61. The number of carbonyl (C=O) groups excluding carboxylic acids is 1. The van der Waals surface area contributed by atoms with Crippen LogP contribution in [0, 0.1) is 10.1 Å². The zero-order chi connectivity index (χ0) is 19.6. The van der Waals surface area contributed by atoms with Crippen molar-refractivity contribution in [2.75, 3.05) is 7.11 Å². The first kappa shape index (κ1) is 19.1. The molecule has 2 aromatic carbocycles. The largest absolute Gasteiger partial charge is 0.495 e. The van der Waals surface area contributed by atoms with Crippen molar-refractivity contribution < 1.29 is 14.5 Å². The molecule has 1 heterocycles. The highest BCUT2D eigenvalue weighted by Crippen LogP contribution is 2.42. The number of nitro groups is 1. The number of hydrogen-bond acceptors (Lipinski definition) is 6. The Hall–Kier alpha value is -2.68. The molecule has 10 heteroatoms. The summed E-state index contributed by atoms with van der Waals surface area (Å²) in [6.07, 6.45) is 1.37. The van der Waals surface area contributed by atoms with Gasteiger partial charge in [0.2, 0.25) is 0 Å². The maximum absolute atomic E-state index is 12.4. The smallest absolute Gasteiger partial charge is 0.283 e. The van der Waals surface area contributed by atoms with E-state index in [0.717, 1.165) is 11.3 Å². The van der Waals surface area contributed by atoms with Gasteiger partial charge in [-0.15, -0.1) is 11.3 Å². The van der Waals surface area contributed by atoms with Gasteiger partial charge in [-0.05, 0) is 29.8 Å². The van der Waals surface area contributed by atoms with Gasteiger partial charge in [0.15, 0.2) is 0 Å². The molecule has 3 aromatic rings. The number of fused-ring (bicyclic) bond motifs is 1. The Balaban J connectivity index is 1.79. The Morgan fingerprint density at radius 2 is 1.93 bits per heavy atom. The molecular formula is C17H11Cl2N3O4S. The fourth-order valence-corrected chi connectivity index (χ4v) is 4.07. The number of non-ortho nitro benzene ring substituents is 1. The van der Waals surface area contributed by atoms with E-state index in [4.69, 9.17) is 27.9 Å². The van der Waals surface area contributed by atoms with E-state index < -0.39 is 10.8 Å². The average Bonchev–Trinajstić information content (AvgIpc) is 3.00. The van der Waals surface area contributed by atoms with E-state index in [1.54, 1.807) is 12.1 Å². The summed E-state index contributed by atoms with van der Waals surface area (Å²) in [7, 11) is 1.50. The molecule has 0 radical (unpaired) electrons. The zero-order valence-electron chi connectivity index (χ0n) is 13.7. The van der Waals surface area contributed by atoms with Crippen LogP contribution in [0.4, 0.5) is 5.69 Å². The van der Waals surface area contributed by atoms with Crippen molar-refractivity contribution in [1.29, 1.82) is 0 Å². The Labute approximate surface area is 167 Å². The highest BCUT2D eigenvalue weighted by Gasteiger charge is 2.20. The lowest BCUT2D eigenvalue weighted by atomic mass is 10.2. The van der Waals surface area contributed by atoms with Crippen LogP contribution >= 0.6 is 34.5 Å². The molecule has 0 fully saturated rings. The summed E-state index contributed by atoms with van der Waals surface area (Å²) in [5.74, 6) is -0.000344. The molecule has 27 heavy (non-hydrogen) atoms. The maximum atomic E-state index is 12.4. The Morgan fingerprint density at radius 1 is 1.22 bits per heavy atom. The van der Waals surface area contributed by atoms with Crippen molar-refractivity contribution in [3.05, 3.63) is 67.0 Å². The minimum atomic E-state index is -0.494. The summed E-state index contributed by atoms with van der Waals surface area (Å²) in [6, 6.07) is 9.15. The van der Waals surface area contributed by atoms with Gasteiger partial charge in [-0.25, -0.2) is 5.43 Å². The number of nitrogens with one attached hydrogen (secondary N) is 1. The number of nitrogens with zero attached hydrogens (tertiary/aromatic N) is 2. The van der Waals surface area contributed by atoms with Gasteiger partial charge in [-0.3, -0.25) is 14.9 Å². The second-order valence-corrected chi connectivity index (χ2v) is 7.03. The van der Waals surface area contributed by atoms with Crippen LogP contribution in [0.25, 0.3) is 10.1 Å². The van der Waals surface area contributed by atoms with Crippen LogP contribution in [-0.2, 0) is 0 Å². The molecule has 7 nitrogen and oxygen atoms in total. The standard InChI is InChI=1S/C17H11Cl2N3O4S/c1-26-12-7-6-11-13(18)16(27-15(11)14(12)19)17(23)21-20-8-9-2-4-10(5-3-9)22(24)25/h2-8H,1H3,(H,21,23)/b20-8+. The fourth-order valence-electron chi connectivity index (χ4n) is 2.28. The Morgan fingerprint density at radius 3 is 2.56 bits per heavy atom. The molecule has 0 atom stereocenters. The van der Waals surface area contributed by atoms with Crippen molar-refractivity contribution in [3.63, 3.8) is 0 Å². The van der Waals surface area contributed by atoms with Crippen molar-refractivity contribution in [2.24, 2.45) is 5.10 Å². The molecule has 0 aliphatic rings. The number of hydrogen-bond donors (Lipinski definition) is 1. The third-order valence-corrected chi connectivity index (χ3v) is 5.83. The predicted molar refractivity (Wildman–Crippen MR) is 107 cm³/mol. The summed E-state index contributed by atoms with van der Waals surface area (Å²) in [4.78, 5) is 22.8. The number of ether oxygens (including phenoxy) is 1. The minimum Gasteiger partial charge on any atom is -0.495 e. The number of thiophene rings is 1. The first-order chi connectivity index (χ1) is 12.9. The third kappa shape index (κ3) is 3.87. The lowest BCUT2D eigenvalue weighted by Crippen LogP contribution is -2.16. The molecule has 0 saturated heterocycles. The number of methoxy groups -OCH3 is 1. The summed E-state index contributed by atoms with van der Waals surface area (Å²) >= 11 is 13.7. The Bertz CT molecular complexity index is 1060. The molecule has 0 saturated carbocycles. The highest BCUT2D eigenvalue weighted by atomic mass is 35.5. The topological polar surface area (TPSA) is 93.8 Å². The molecule has 0 aliphatic heterocycles. The molecule has 0 unspecified atom stereocenters. The van der Waals surface area contributed by atoms with Gasteiger partial charge in [-0.1, -0.05) is 23.2 Å². The lowest BCUT2D eigenvalue weighted by molar-refractivity contribution is -0.384. The SMILES string of the molecule is COc1ccc2c(Cl)c(C(=O)N/N=C/c3ccc([N+](=O)[O-])cc3)sc2c1Cl. The molecule has 138 valence electrons. The summed E-state index contributed by atoms with van der Waals surface area (Å²) in [6.45, 7) is 0. The van der Waals surface area contributed by atoms with E-state index in [1.807, 2.05) is 0 Å². The molecule has 1 amide bonds. The van der Waals surface area contributed by atoms with Crippen LogP contribution in [0.5, 0.6) is 5.75 Å². The van der Waals surface area contributed by atoms with E-state index >= 15 is 0 Å². The summed E-state index contributed by atoms with van der Waals surface area (Å²) in [5, 5.41) is 15.8. The van der Waals surface area contributed by atoms with Gasteiger partial charge in [0.05, 0.1) is 28.0 Å². The van der Waals surface area contributed by atoms with Crippen molar-refractivity contribution >= 4 is 62.4 Å². The fraction of sp³-hybridized carbons (Fsp3) is 0.0588. The molecular weight excluding hydrogens is 413 g/mol. The summed E-state index contributed by atoms with van der Waals surface area (Å²) < 4.78 is 5.81. The second-order valence-electron chi connectivity index (χ2n) is 5.25. The van der Waals surface area contributed by atoms with Crippen LogP contribution in [0.1, 0.15) is 15.2 Å². The van der Waals surface area contributed by atoms with Gasteiger partial charge in [0, 0.05) is 17.5 Å². The molecule has 0 bridgehead atoms. The van der Waals surface area contributed by atoms with E-state index in [1.165, 1.54) is 37.6 Å². The van der Waals surface area contributed by atoms with E-state index in [0.29, 0.717) is 26.4 Å². The number of hydrazone groups is 1. The van der Waals surface area contributed by atoms with E-state index in [9.17, 15) is 14.9 Å². The molecule has 0 aliphatic carbocycles. The van der Waals surface area contributed by atoms with Gasteiger partial charge in [0.1, 0.15) is 15.6 Å². The van der Waals surface area contributed by atoms with Crippen molar-refractivity contribution in [3.8, 4) is 5.75 Å². The van der Waals surface area contributed by atoms with Crippen LogP contribution in [0.2, 0.25) is 10.0 Å². The van der Waals surface area contributed by atoms with Crippen LogP contribution in [0.3, 0.4) is 0 Å². The number of carbonyl (C=O) groups is 1. The normalized spacial score (nSPS) is 11.1. The van der Waals surface area contributed by atoms with Crippen molar-refractivity contribution in [1.82, 2.24) is 5.43 Å². The van der Waals surface area contributed by atoms with Gasteiger partial charge in [0.25, 0.3) is 11.6 Å². The predicted octanol–water partition coefficient (Wildman–Crippen LogP) is 4.89. The van der Waals surface area contributed by atoms with Crippen molar-refractivity contribution in [2.45, 2.75) is 0 Å². The van der Waals surface area contributed by atoms with Gasteiger partial charge >= 0.3 is 0 Å². The number of amides is 1. The van der Waals surface area contributed by atoms with Gasteiger partial charge in [-0.2, -0.15) is 5.10 Å². The molecule has 3 rings (SSSR count). The first-order valence-corrected chi connectivity index (χ1v) is 9.02. The zero-order valence-corrected chi connectivity index (χ0v) is 16.1. The highest BCUT2D eigenvalue weighted by molar-refractivity contribution is 7.22. The molecule has 0 spiro atoms. The number of nitro benzene ring substituents is 1. The van der Waals surface area contributed by atoms with Crippen LogP contribution in [-0.4, -0.2) is 24.2 Å². The number of halogens is 2. The summed E-state index contributed by atoms with van der Waals surface area (Å²) in [5.41, 5.74) is 2.95.